The van der Waals surface area contributed by atoms with Gasteiger partial charge in [0, 0.05) is 41.4 Å². The topological polar surface area (TPSA) is 137 Å². The van der Waals surface area contributed by atoms with Crippen molar-refractivity contribution in [1.82, 2.24) is 15.0 Å². The van der Waals surface area contributed by atoms with Gasteiger partial charge in [0.25, 0.3) is 5.91 Å². The molecule has 9 nitrogen and oxygen atoms in total. The number of amides is 1. The Bertz CT molecular complexity index is 1350. The van der Waals surface area contributed by atoms with Crippen molar-refractivity contribution in [1.29, 1.82) is 10.5 Å². The van der Waals surface area contributed by atoms with E-state index < -0.39 is 5.41 Å². The van der Waals surface area contributed by atoms with E-state index in [9.17, 15) is 15.3 Å². The fourth-order valence-electron chi connectivity index (χ4n) is 3.72. The van der Waals surface area contributed by atoms with E-state index in [2.05, 4.69) is 37.7 Å². The van der Waals surface area contributed by atoms with Crippen LogP contribution in [0.25, 0.3) is 11.1 Å². The van der Waals surface area contributed by atoms with Crippen molar-refractivity contribution in [3.63, 3.8) is 0 Å². The molecule has 3 aromatic heterocycles. The average Bonchev–Trinajstić information content (AvgIpc) is 3.38. The highest BCUT2D eigenvalue weighted by Gasteiger charge is 2.23. The molecule has 1 aliphatic heterocycles. The van der Waals surface area contributed by atoms with Crippen molar-refractivity contribution < 1.29 is 9.53 Å². The summed E-state index contributed by atoms with van der Waals surface area (Å²) in [6.45, 7) is 6.64. The molecule has 0 aliphatic carbocycles. The molecule has 1 fully saturated rings. The van der Waals surface area contributed by atoms with Crippen LogP contribution in [0.2, 0.25) is 0 Å². The number of aromatic nitrogens is 3. The normalized spacial score (nSPS) is 15.2. The molecule has 1 unspecified atom stereocenters. The number of anilines is 2. The molecule has 0 aromatic carbocycles. The summed E-state index contributed by atoms with van der Waals surface area (Å²) in [5.41, 5.74) is 3.22. The van der Waals surface area contributed by atoms with Crippen LogP contribution >= 0.6 is 0 Å². The van der Waals surface area contributed by atoms with Crippen LogP contribution in [0.3, 0.4) is 0 Å². The van der Waals surface area contributed by atoms with Crippen molar-refractivity contribution in [2.45, 2.75) is 38.6 Å². The number of ether oxygens (including phenoxy) is 1. The molecular formula is C26H25N7O2. The Hall–Kier alpha value is -4.34. The minimum Gasteiger partial charge on any atom is -0.379 e. The van der Waals surface area contributed by atoms with Crippen LogP contribution in [0.15, 0.2) is 42.9 Å². The van der Waals surface area contributed by atoms with Crippen LogP contribution in [-0.4, -0.2) is 40.1 Å². The smallest absolute Gasteiger partial charge is 0.255 e. The third-order valence-corrected chi connectivity index (χ3v) is 5.88. The Morgan fingerprint density at radius 2 is 2.00 bits per heavy atom. The van der Waals surface area contributed by atoms with Crippen molar-refractivity contribution >= 4 is 17.4 Å². The van der Waals surface area contributed by atoms with E-state index in [4.69, 9.17) is 4.74 Å². The number of rotatable bonds is 6. The van der Waals surface area contributed by atoms with Gasteiger partial charge in [-0.15, -0.1) is 0 Å². The number of pyridine rings is 3. The first-order valence-electron chi connectivity index (χ1n) is 11.2. The molecular weight excluding hydrogens is 442 g/mol. The molecule has 0 bridgehead atoms. The maximum Gasteiger partial charge on any atom is 0.255 e. The number of hydrogen-bond donors (Lipinski definition) is 2. The molecule has 2 N–H and O–H groups in total. The van der Waals surface area contributed by atoms with Gasteiger partial charge in [-0.2, -0.15) is 10.5 Å². The molecule has 3 aromatic rings. The van der Waals surface area contributed by atoms with Gasteiger partial charge >= 0.3 is 0 Å². The molecule has 176 valence electrons. The van der Waals surface area contributed by atoms with Crippen LogP contribution in [0.4, 0.5) is 11.5 Å². The summed E-state index contributed by atoms with van der Waals surface area (Å²) in [6, 6.07) is 11.3. The van der Waals surface area contributed by atoms with E-state index >= 15 is 0 Å². The molecule has 0 radical (unpaired) electrons. The molecule has 1 amide bonds. The summed E-state index contributed by atoms with van der Waals surface area (Å²) in [5.74, 6) is 0.184. The van der Waals surface area contributed by atoms with Crippen molar-refractivity contribution in [3.8, 4) is 23.3 Å². The second-order valence-corrected chi connectivity index (χ2v) is 8.91. The Balaban J connectivity index is 1.58. The van der Waals surface area contributed by atoms with E-state index in [1.807, 2.05) is 6.92 Å². The zero-order valence-electron chi connectivity index (χ0n) is 19.8. The maximum atomic E-state index is 12.9. The van der Waals surface area contributed by atoms with Gasteiger partial charge in [0.05, 0.1) is 47.3 Å². The van der Waals surface area contributed by atoms with E-state index in [-0.39, 0.29) is 11.9 Å². The lowest BCUT2D eigenvalue weighted by atomic mass is 9.90. The number of nitrogens with zero attached hydrogens (tertiary/aromatic N) is 5. The third-order valence-electron chi connectivity index (χ3n) is 5.88. The van der Waals surface area contributed by atoms with Gasteiger partial charge in [-0.25, -0.2) is 4.98 Å². The first-order chi connectivity index (χ1) is 16.8. The fraction of sp³-hybridized carbons (Fsp3) is 0.308. The predicted molar refractivity (Wildman–Crippen MR) is 131 cm³/mol. The highest BCUT2D eigenvalue weighted by molar-refractivity contribution is 6.04. The lowest BCUT2D eigenvalue weighted by Crippen LogP contribution is -2.20. The number of carbonyl (C=O) groups excluding carboxylic acids is 1. The summed E-state index contributed by atoms with van der Waals surface area (Å²) in [7, 11) is 0. The summed E-state index contributed by atoms with van der Waals surface area (Å²) in [4.78, 5) is 26.0. The van der Waals surface area contributed by atoms with Crippen molar-refractivity contribution in [2.24, 2.45) is 0 Å². The summed E-state index contributed by atoms with van der Waals surface area (Å²) in [5, 5.41) is 25.2. The zero-order valence-corrected chi connectivity index (χ0v) is 19.8. The van der Waals surface area contributed by atoms with Crippen molar-refractivity contribution in [2.75, 3.05) is 23.8 Å². The van der Waals surface area contributed by atoms with Gasteiger partial charge < -0.3 is 15.4 Å². The summed E-state index contributed by atoms with van der Waals surface area (Å²) < 4.78 is 5.38. The number of carbonyl (C=O) groups is 1. The van der Waals surface area contributed by atoms with E-state index in [0.29, 0.717) is 41.5 Å². The first-order valence-corrected chi connectivity index (χ1v) is 11.2. The monoisotopic (exact) mass is 467 g/mol. The van der Waals surface area contributed by atoms with E-state index in [1.54, 1.807) is 50.5 Å². The van der Waals surface area contributed by atoms with Gasteiger partial charge in [-0.05, 0) is 51.5 Å². The second-order valence-electron chi connectivity index (χ2n) is 8.91. The second kappa shape index (κ2) is 9.88. The minimum absolute atomic E-state index is 0.134. The standard InChI is InChI=1S/C26H25N7O2/c1-16-22(19-8-18(11-27)24(31-12-19)32-20-5-7-35-14-20)10-21(13-30-16)33-25(34)17-4-6-29-23(9-17)26(2,3)15-28/h4,6,8-10,12-13,20H,5,7,14H2,1-3H3,(H,31,32)(H,33,34). The first kappa shape index (κ1) is 23.8. The van der Waals surface area contributed by atoms with Gasteiger partial charge in [0.1, 0.15) is 11.9 Å². The van der Waals surface area contributed by atoms with Crippen LogP contribution in [-0.2, 0) is 10.2 Å². The highest BCUT2D eigenvalue weighted by Crippen LogP contribution is 2.28. The van der Waals surface area contributed by atoms with Crippen molar-refractivity contribution in [3.05, 3.63) is 65.4 Å². The van der Waals surface area contributed by atoms with E-state index in [0.717, 1.165) is 23.2 Å². The summed E-state index contributed by atoms with van der Waals surface area (Å²) >= 11 is 0. The zero-order chi connectivity index (χ0) is 25.0. The highest BCUT2D eigenvalue weighted by atomic mass is 16.5. The lowest BCUT2D eigenvalue weighted by Gasteiger charge is -2.15. The molecule has 9 heteroatoms. The van der Waals surface area contributed by atoms with Gasteiger partial charge in [-0.1, -0.05) is 0 Å². The number of nitrogens with one attached hydrogen (secondary N) is 2. The molecule has 35 heavy (non-hydrogen) atoms. The fourth-order valence-corrected chi connectivity index (χ4v) is 3.72. The lowest BCUT2D eigenvalue weighted by molar-refractivity contribution is 0.102. The van der Waals surface area contributed by atoms with Gasteiger partial charge in [0.2, 0.25) is 0 Å². The third kappa shape index (κ3) is 5.26. The molecule has 4 rings (SSSR count). The quantitative estimate of drug-likeness (QED) is 0.555. The molecule has 1 atom stereocenters. The largest absolute Gasteiger partial charge is 0.379 e. The minimum atomic E-state index is -0.813. The molecule has 1 aliphatic rings. The predicted octanol–water partition coefficient (Wildman–Crippen LogP) is 3.97. The van der Waals surface area contributed by atoms with E-state index in [1.165, 1.54) is 6.20 Å². The molecule has 0 saturated carbocycles. The number of hydrogen-bond acceptors (Lipinski definition) is 8. The maximum absolute atomic E-state index is 12.9. The van der Waals surface area contributed by atoms with Crippen LogP contribution in [0.1, 0.15) is 47.6 Å². The molecule has 0 spiro atoms. The molecule has 1 saturated heterocycles. The molecule has 4 heterocycles. The van der Waals surface area contributed by atoms with Crippen LogP contribution in [0, 0.1) is 29.6 Å². The SMILES string of the molecule is Cc1ncc(NC(=O)c2ccnc(C(C)(C)C#N)c2)cc1-c1cnc(NC2CCOC2)c(C#N)c1. The Morgan fingerprint density at radius 1 is 1.17 bits per heavy atom. The van der Waals surface area contributed by atoms with Gasteiger partial charge in [-0.3, -0.25) is 14.8 Å². The Morgan fingerprint density at radius 3 is 2.71 bits per heavy atom. The Labute approximate surface area is 203 Å². The average molecular weight is 468 g/mol. The summed E-state index contributed by atoms with van der Waals surface area (Å²) in [6.07, 6.45) is 5.65. The van der Waals surface area contributed by atoms with Crippen LogP contribution in [0.5, 0.6) is 0 Å². The van der Waals surface area contributed by atoms with Crippen LogP contribution < -0.4 is 10.6 Å². The number of aryl methyl sites for hydroxylation is 1. The Kier molecular flexibility index (Phi) is 6.72. The van der Waals surface area contributed by atoms with Gasteiger partial charge in [0.15, 0.2) is 0 Å². The number of nitriles is 2.